The molecule has 1 heterocycles. The molecule has 0 spiro atoms. The van der Waals surface area contributed by atoms with Crippen molar-refractivity contribution in [3.8, 4) is 0 Å². The van der Waals surface area contributed by atoms with E-state index in [4.69, 9.17) is 11.6 Å². The molecule has 126 valence electrons. The van der Waals surface area contributed by atoms with Gasteiger partial charge in [-0.2, -0.15) is 0 Å². The molecule has 0 bridgehead atoms. The molecule has 0 fully saturated rings. The average Bonchev–Trinajstić information content (AvgIpc) is 2.60. The number of pyridine rings is 1. The lowest BCUT2D eigenvalue weighted by Crippen LogP contribution is -2.36. The van der Waals surface area contributed by atoms with Crippen LogP contribution in [0.15, 0.2) is 60.8 Å². The normalized spacial score (nSPS) is 10.5. The smallest absolute Gasteiger partial charge is 0.244 e. The second-order valence-corrected chi connectivity index (χ2v) is 5.89. The van der Waals surface area contributed by atoms with Crippen LogP contribution in [0.2, 0.25) is 5.02 Å². The fourth-order valence-electron chi connectivity index (χ4n) is 2.58. The van der Waals surface area contributed by atoms with E-state index in [2.05, 4.69) is 10.3 Å². The summed E-state index contributed by atoms with van der Waals surface area (Å²) < 4.78 is 0. The van der Waals surface area contributed by atoms with Gasteiger partial charge in [0.15, 0.2) is 0 Å². The van der Waals surface area contributed by atoms with E-state index in [1.54, 1.807) is 36.5 Å². The number of nitrogens with one attached hydrogen (secondary N) is 1. The molecule has 0 saturated carbocycles. The molecule has 3 aromatic rings. The Hall–Kier alpha value is -2.92. The Bertz CT molecular complexity index is 937. The van der Waals surface area contributed by atoms with Crippen molar-refractivity contribution >= 4 is 45.7 Å². The van der Waals surface area contributed by atoms with Crippen LogP contribution in [-0.4, -0.2) is 23.3 Å². The molecule has 0 aliphatic rings. The number of amides is 2. The number of carbonyl (C=O) groups is 2. The first kappa shape index (κ1) is 16.9. The minimum absolute atomic E-state index is 0.137. The Morgan fingerprint density at radius 2 is 1.84 bits per heavy atom. The number of fused-ring (bicyclic) bond motifs is 1. The van der Waals surface area contributed by atoms with Gasteiger partial charge in [0.25, 0.3) is 0 Å². The van der Waals surface area contributed by atoms with Gasteiger partial charge in [-0.3, -0.25) is 14.6 Å². The molecule has 2 amide bonds. The van der Waals surface area contributed by atoms with E-state index < -0.39 is 0 Å². The first-order chi connectivity index (χ1) is 12.1. The zero-order chi connectivity index (χ0) is 17.8. The SMILES string of the molecule is CC(=O)N(CC(=O)Nc1cccc2cccnc12)c1ccccc1Cl. The lowest BCUT2D eigenvalue weighted by Gasteiger charge is -2.21. The van der Waals surface area contributed by atoms with E-state index in [-0.39, 0.29) is 18.4 Å². The van der Waals surface area contributed by atoms with E-state index in [9.17, 15) is 9.59 Å². The number of carbonyl (C=O) groups excluding carboxylic acids is 2. The summed E-state index contributed by atoms with van der Waals surface area (Å²) in [4.78, 5) is 30.1. The van der Waals surface area contributed by atoms with Gasteiger partial charge >= 0.3 is 0 Å². The van der Waals surface area contributed by atoms with Gasteiger partial charge in [0, 0.05) is 18.5 Å². The highest BCUT2D eigenvalue weighted by atomic mass is 35.5. The third-order valence-corrected chi connectivity index (χ3v) is 4.05. The Labute approximate surface area is 150 Å². The number of nitrogens with zero attached hydrogens (tertiary/aromatic N) is 2. The lowest BCUT2D eigenvalue weighted by atomic mass is 10.2. The number of para-hydroxylation sites is 2. The highest BCUT2D eigenvalue weighted by Gasteiger charge is 2.18. The second kappa shape index (κ2) is 7.32. The van der Waals surface area contributed by atoms with E-state index in [1.165, 1.54) is 11.8 Å². The number of anilines is 2. The summed E-state index contributed by atoms with van der Waals surface area (Å²) in [6.45, 7) is 1.26. The minimum atomic E-state index is -0.326. The van der Waals surface area contributed by atoms with Crippen LogP contribution in [0, 0.1) is 0 Å². The molecule has 0 atom stereocenters. The van der Waals surface area contributed by atoms with Crippen LogP contribution in [0.25, 0.3) is 10.9 Å². The zero-order valence-corrected chi connectivity index (χ0v) is 14.3. The Morgan fingerprint density at radius 3 is 2.60 bits per heavy atom. The molecule has 3 rings (SSSR count). The third kappa shape index (κ3) is 3.78. The number of benzene rings is 2. The van der Waals surface area contributed by atoms with Gasteiger partial charge in [-0.05, 0) is 24.3 Å². The fraction of sp³-hybridized carbons (Fsp3) is 0.105. The van der Waals surface area contributed by atoms with Gasteiger partial charge in [0.1, 0.15) is 6.54 Å². The highest BCUT2D eigenvalue weighted by molar-refractivity contribution is 6.33. The van der Waals surface area contributed by atoms with E-state index in [0.29, 0.717) is 21.9 Å². The van der Waals surface area contributed by atoms with Crippen LogP contribution in [0.4, 0.5) is 11.4 Å². The molecule has 5 nitrogen and oxygen atoms in total. The fourth-order valence-corrected chi connectivity index (χ4v) is 2.81. The standard InChI is InChI=1S/C19H16ClN3O2/c1-13(24)23(17-10-3-2-8-15(17)20)12-18(25)22-16-9-4-6-14-7-5-11-21-19(14)16/h2-11H,12H2,1H3,(H,22,25). The van der Waals surface area contributed by atoms with Crippen LogP contribution >= 0.6 is 11.6 Å². The molecular formula is C19H16ClN3O2. The van der Waals surface area contributed by atoms with Crippen molar-refractivity contribution in [2.24, 2.45) is 0 Å². The summed E-state index contributed by atoms with van der Waals surface area (Å²) in [5.74, 6) is -0.590. The number of aromatic nitrogens is 1. The maximum atomic E-state index is 12.5. The van der Waals surface area contributed by atoms with Gasteiger partial charge in [-0.15, -0.1) is 0 Å². The largest absolute Gasteiger partial charge is 0.323 e. The summed E-state index contributed by atoms with van der Waals surface area (Å²) in [5, 5.41) is 4.16. The van der Waals surface area contributed by atoms with Crippen LogP contribution in [0.3, 0.4) is 0 Å². The number of hydrogen-bond donors (Lipinski definition) is 1. The predicted octanol–water partition coefficient (Wildman–Crippen LogP) is 3.88. The van der Waals surface area contributed by atoms with E-state index >= 15 is 0 Å². The monoisotopic (exact) mass is 353 g/mol. The third-order valence-electron chi connectivity index (χ3n) is 3.73. The van der Waals surface area contributed by atoms with Gasteiger partial charge in [0.05, 0.1) is 21.9 Å². The van der Waals surface area contributed by atoms with Crippen LogP contribution in [-0.2, 0) is 9.59 Å². The van der Waals surface area contributed by atoms with Crippen molar-refractivity contribution < 1.29 is 9.59 Å². The van der Waals surface area contributed by atoms with Gasteiger partial charge in [-0.25, -0.2) is 0 Å². The summed E-state index contributed by atoms with van der Waals surface area (Å²) in [6, 6.07) is 16.2. The summed E-state index contributed by atoms with van der Waals surface area (Å²) >= 11 is 6.15. The summed E-state index contributed by atoms with van der Waals surface area (Å²) in [7, 11) is 0. The Balaban J connectivity index is 1.83. The van der Waals surface area contributed by atoms with Crippen LogP contribution in [0.5, 0.6) is 0 Å². The van der Waals surface area contributed by atoms with Gasteiger partial charge in [-0.1, -0.05) is 41.9 Å². The summed E-state index contributed by atoms with van der Waals surface area (Å²) in [5.41, 5.74) is 1.80. The van der Waals surface area contributed by atoms with Crippen LogP contribution in [0.1, 0.15) is 6.92 Å². The molecule has 6 heteroatoms. The van der Waals surface area contributed by atoms with Crippen molar-refractivity contribution in [1.29, 1.82) is 0 Å². The maximum Gasteiger partial charge on any atom is 0.244 e. The summed E-state index contributed by atoms with van der Waals surface area (Å²) in [6.07, 6.45) is 1.67. The Kier molecular flexibility index (Phi) is 4.95. The second-order valence-electron chi connectivity index (χ2n) is 5.49. The molecule has 0 radical (unpaired) electrons. The topological polar surface area (TPSA) is 62.3 Å². The molecule has 0 aliphatic carbocycles. The molecule has 25 heavy (non-hydrogen) atoms. The van der Waals surface area contributed by atoms with Crippen molar-refractivity contribution in [3.63, 3.8) is 0 Å². The van der Waals surface area contributed by atoms with Gasteiger partial charge < -0.3 is 10.2 Å². The number of hydrogen-bond acceptors (Lipinski definition) is 3. The van der Waals surface area contributed by atoms with Crippen molar-refractivity contribution in [2.45, 2.75) is 6.92 Å². The number of halogens is 1. The predicted molar refractivity (Wildman–Crippen MR) is 99.9 cm³/mol. The molecule has 0 aliphatic heterocycles. The van der Waals surface area contributed by atoms with Crippen molar-refractivity contribution in [3.05, 3.63) is 65.8 Å². The number of rotatable bonds is 4. The first-order valence-electron chi connectivity index (χ1n) is 7.72. The Morgan fingerprint density at radius 1 is 1.08 bits per heavy atom. The highest BCUT2D eigenvalue weighted by Crippen LogP contribution is 2.26. The van der Waals surface area contributed by atoms with Crippen molar-refractivity contribution in [1.82, 2.24) is 4.98 Å². The van der Waals surface area contributed by atoms with Crippen LogP contribution < -0.4 is 10.2 Å². The van der Waals surface area contributed by atoms with Gasteiger partial charge in [0.2, 0.25) is 11.8 Å². The molecule has 1 aromatic heterocycles. The quantitative estimate of drug-likeness (QED) is 0.774. The molecule has 0 saturated heterocycles. The molecule has 0 unspecified atom stereocenters. The minimum Gasteiger partial charge on any atom is -0.323 e. The molecule has 2 aromatic carbocycles. The maximum absolute atomic E-state index is 12.5. The molecule has 1 N–H and O–H groups in total. The van der Waals surface area contributed by atoms with Crippen molar-refractivity contribution in [2.75, 3.05) is 16.8 Å². The molecular weight excluding hydrogens is 338 g/mol. The zero-order valence-electron chi connectivity index (χ0n) is 13.6. The lowest BCUT2D eigenvalue weighted by molar-refractivity contribution is -0.120. The average molecular weight is 354 g/mol. The van der Waals surface area contributed by atoms with E-state index in [1.807, 2.05) is 24.3 Å². The first-order valence-corrected chi connectivity index (χ1v) is 8.10. The van der Waals surface area contributed by atoms with E-state index in [0.717, 1.165) is 5.39 Å².